The molecule has 0 saturated carbocycles. The van der Waals surface area contributed by atoms with Gasteiger partial charge in [-0.3, -0.25) is 4.79 Å². The first-order valence-corrected chi connectivity index (χ1v) is 9.27. The van der Waals surface area contributed by atoms with E-state index in [1.807, 2.05) is 0 Å². The maximum Gasteiger partial charge on any atom is 0.417 e. The third-order valence-corrected chi connectivity index (χ3v) is 4.61. The summed E-state index contributed by atoms with van der Waals surface area (Å²) in [4.78, 5) is 20.8. The van der Waals surface area contributed by atoms with Gasteiger partial charge in [0.15, 0.2) is 0 Å². The van der Waals surface area contributed by atoms with Crippen molar-refractivity contribution in [1.82, 2.24) is 20.3 Å². The third kappa shape index (κ3) is 4.06. The van der Waals surface area contributed by atoms with E-state index in [1.54, 1.807) is 6.08 Å². The van der Waals surface area contributed by atoms with Gasteiger partial charge in [0.1, 0.15) is 17.7 Å². The summed E-state index contributed by atoms with van der Waals surface area (Å²) < 4.78 is 50.3. The number of ether oxygens (including phenoxy) is 2. The Morgan fingerprint density at radius 1 is 1.19 bits per heavy atom. The Kier molecular flexibility index (Phi) is 5.43. The number of carbonyl (C=O) groups is 1. The van der Waals surface area contributed by atoms with Crippen molar-refractivity contribution in [2.45, 2.75) is 12.3 Å². The number of nitrogens with zero attached hydrogens (tertiary/aromatic N) is 4. The molecule has 0 radical (unpaired) electrons. The van der Waals surface area contributed by atoms with Gasteiger partial charge in [-0.15, -0.1) is 0 Å². The average molecular weight is 446 g/mol. The summed E-state index contributed by atoms with van der Waals surface area (Å²) in [6.45, 7) is 0. The van der Waals surface area contributed by atoms with Gasteiger partial charge in [0, 0.05) is 17.8 Å². The van der Waals surface area contributed by atoms with E-state index in [-0.39, 0.29) is 34.7 Å². The van der Waals surface area contributed by atoms with Crippen molar-refractivity contribution in [2.24, 2.45) is 5.10 Å². The SMILES string of the molecule is COc1cc(NC(=O)C2=CNC3C=CC(c4ccccc4C(F)(F)F)=NN23)nc(OC)n1. The smallest absolute Gasteiger partial charge is 0.417 e. The molecule has 12 heteroatoms. The molecule has 32 heavy (non-hydrogen) atoms. The summed E-state index contributed by atoms with van der Waals surface area (Å²) in [5.41, 5.74) is -0.754. The maximum absolute atomic E-state index is 13.4. The number of aromatic nitrogens is 2. The van der Waals surface area contributed by atoms with Crippen LogP contribution in [0.2, 0.25) is 0 Å². The Balaban J connectivity index is 1.61. The first-order valence-electron chi connectivity index (χ1n) is 9.27. The van der Waals surface area contributed by atoms with E-state index in [4.69, 9.17) is 9.47 Å². The number of amides is 1. The standard InChI is InChI=1S/C20H17F3N6O3/c1-31-17-9-15(26-19(27-17)32-2)25-18(30)14-10-24-16-8-7-13(28-29(14)16)11-5-3-4-6-12(11)20(21,22)23/h3-10,16,24H,1-2H3,(H,25,26,27,30). The predicted octanol–water partition coefficient (Wildman–Crippen LogP) is 2.50. The molecule has 2 aliphatic rings. The monoisotopic (exact) mass is 446 g/mol. The number of fused-ring (bicyclic) bond motifs is 1. The highest BCUT2D eigenvalue weighted by molar-refractivity contribution is 6.11. The summed E-state index contributed by atoms with van der Waals surface area (Å²) in [5.74, 6) is -0.305. The van der Waals surface area contributed by atoms with Crippen LogP contribution in [0.15, 0.2) is 59.5 Å². The Morgan fingerprint density at radius 2 is 1.97 bits per heavy atom. The van der Waals surface area contributed by atoms with E-state index in [0.717, 1.165) is 6.07 Å². The molecule has 9 nitrogen and oxygen atoms in total. The fourth-order valence-electron chi connectivity index (χ4n) is 3.15. The van der Waals surface area contributed by atoms with Crippen LogP contribution in [0.3, 0.4) is 0 Å². The molecule has 0 saturated heterocycles. The topological polar surface area (TPSA) is 101 Å². The van der Waals surface area contributed by atoms with E-state index < -0.39 is 23.8 Å². The molecule has 0 fully saturated rings. The van der Waals surface area contributed by atoms with Crippen molar-refractivity contribution in [2.75, 3.05) is 19.5 Å². The maximum atomic E-state index is 13.4. The highest BCUT2D eigenvalue weighted by Crippen LogP contribution is 2.33. The van der Waals surface area contributed by atoms with Gasteiger partial charge in [0.25, 0.3) is 5.91 Å². The molecule has 0 aliphatic carbocycles. The minimum absolute atomic E-state index is 0.0129. The van der Waals surface area contributed by atoms with Crippen LogP contribution in [0.4, 0.5) is 19.0 Å². The number of anilines is 1. The summed E-state index contributed by atoms with van der Waals surface area (Å²) in [7, 11) is 2.76. The average Bonchev–Trinajstić information content (AvgIpc) is 3.21. The van der Waals surface area contributed by atoms with Crippen LogP contribution in [-0.2, 0) is 11.0 Å². The second-order valence-electron chi connectivity index (χ2n) is 6.61. The number of allylic oxidation sites excluding steroid dienone is 1. The molecule has 1 aromatic carbocycles. The van der Waals surface area contributed by atoms with E-state index in [0.29, 0.717) is 0 Å². The van der Waals surface area contributed by atoms with Crippen molar-refractivity contribution in [3.05, 3.63) is 65.5 Å². The Bertz CT molecular complexity index is 1120. The number of hydrazone groups is 1. The third-order valence-electron chi connectivity index (χ3n) is 4.61. The van der Waals surface area contributed by atoms with E-state index in [1.165, 1.54) is 55.8 Å². The van der Waals surface area contributed by atoms with Gasteiger partial charge in [-0.25, -0.2) is 5.01 Å². The Hall–Kier alpha value is -4.09. The highest BCUT2D eigenvalue weighted by Gasteiger charge is 2.36. The number of nitrogens with one attached hydrogen (secondary N) is 2. The van der Waals surface area contributed by atoms with Crippen LogP contribution >= 0.6 is 0 Å². The van der Waals surface area contributed by atoms with E-state index >= 15 is 0 Å². The number of hydrogen-bond acceptors (Lipinski definition) is 8. The van der Waals surface area contributed by atoms with E-state index in [2.05, 4.69) is 25.7 Å². The summed E-state index contributed by atoms with van der Waals surface area (Å²) >= 11 is 0. The molecule has 0 bridgehead atoms. The lowest BCUT2D eigenvalue weighted by Crippen LogP contribution is -2.37. The quantitative estimate of drug-likeness (QED) is 0.728. The molecule has 0 spiro atoms. The van der Waals surface area contributed by atoms with Gasteiger partial charge < -0.3 is 20.1 Å². The normalized spacial score (nSPS) is 17.2. The van der Waals surface area contributed by atoms with Crippen LogP contribution in [-0.4, -0.2) is 47.0 Å². The number of halogens is 3. The van der Waals surface area contributed by atoms with Crippen molar-refractivity contribution >= 4 is 17.4 Å². The number of hydrogen-bond donors (Lipinski definition) is 2. The Labute approximate surface area is 180 Å². The van der Waals surface area contributed by atoms with Crippen molar-refractivity contribution < 1.29 is 27.4 Å². The van der Waals surface area contributed by atoms with Crippen LogP contribution < -0.4 is 20.1 Å². The highest BCUT2D eigenvalue weighted by atomic mass is 19.4. The van der Waals surface area contributed by atoms with Crippen LogP contribution in [0.5, 0.6) is 11.9 Å². The van der Waals surface area contributed by atoms with Gasteiger partial charge in [-0.05, 0) is 18.2 Å². The summed E-state index contributed by atoms with van der Waals surface area (Å²) in [6.07, 6.45) is -0.556. The molecular formula is C20H17F3N6O3. The number of alkyl halides is 3. The molecule has 3 heterocycles. The zero-order valence-electron chi connectivity index (χ0n) is 16.8. The fourth-order valence-corrected chi connectivity index (χ4v) is 3.15. The molecule has 1 unspecified atom stereocenters. The van der Waals surface area contributed by atoms with Crippen LogP contribution in [0, 0.1) is 0 Å². The molecular weight excluding hydrogens is 429 g/mol. The van der Waals surface area contributed by atoms with Gasteiger partial charge in [-0.2, -0.15) is 28.2 Å². The summed E-state index contributed by atoms with van der Waals surface area (Å²) in [5, 5.41) is 11.1. The summed E-state index contributed by atoms with van der Waals surface area (Å²) in [6, 6.07) is 6.50. The predicted molar refractivity (Wildman–Crippen MR) is 108 cm³/mol. The van der Waals surface area contributed by atoms with Crippen molar-refractivity contribution in [3.63, 3.8) is 0 Å². The van der Waals surface area contributed by atoms with Crippen molar-refractivity contribution in [1.29, 1.82) is 0 Å². The second-order valence-corrected chi connectivity index (χ2v) is 6.61. The molecule has 166 valence electrons. The van der Waals surface area contributed by atoms with Gasteiger partial charge in [-0.1, -0.05) is 18.2 Å². The number of benzene rings is 1. The van der Waals surface area contributed by atoms with E-state index in [9.17, 15) is 18.0 Å². The molecule has 1 amide bonds. The minimum atomic E-state index is -4.55. The van der Waals surface area contributed by atoms with Gasteiger partial charge in [0.05, 0.1) is 25.5 Å². The Morgan fingerprint density at radius 3 is 2.69 bits per heavy atom. The lowest BCUT2D eigenvalue weighted by molar-refractivity contribution is -0.137. The van der Waals surface area contributed by atoms with Crippen molar-refractivity contribution in [3.8, 4) is 11.9 Å². The number of rotatable bonds is 5. The fraction of sp³-hybridized carbons (Fsp3) is 0.200. The first-order chi connectivity index (χ1) is 15.3. The lowest BCUT2D eigenvalue weighted by atomic mass is 10.0. The second kappa shape index (κ2) is 8.21. The van der Waals surface area contributed by atoms with Gasteiger partial charge >= 0.3 is 12.2 Å². The first kappa shape index (κ1) is 21.2. The largest absolute Gasteiger partial charge is 0.481 e. The molecule has 2 aliphatic heterocycles. The van der Waals surface area contributed by atoms with Gasteiger partial charge in [0.2, 0.25) is 5.88 Å². The van der Waals surface area contributed by atoms with Crippen LogP contribution in [0.25, 0.3) is 0 Å². The number of carbonyl (C=O) groups excluding carboxylic acids is 1. The molecule has 4 rings (SSSR count). The molecule has 1 atom stereocenters. The lowest BCUT2D eigenvalue weighted by Gasteiger charge is -2.26. The zero-order chi connectivity index (χ0) is 22.9. The molecule has 2 aromatic rings. The number of methoxy groups -OCH3 is 2. The zero-order valence-corrected chi connectivity index (χ0v) is 16.8. The molecule has 1 aromatic heterocycles. The van der Waals surface area contributed by atoms with Crippen LogP contribution in [0.1, 0.15) is 11.1 Å². The minimum Gasteiger partial charge on any atom is -0.481 e. The molecule has 2 N–H and O–H groups in total.